The molecule has 4 fully saturated rings. The Labute approximate surface area is 97.7 Å². The van der Waals surface area contributed by atoms with Gasteiger partial charge in [-0.3, -0.25) is 4.79 Å². The third kappa shape index (κ3) is 1.57. The second-order valence-corrected chi connectivity index (χ2v) is 6.53. The monoisotopic (exact) mass is 222 g/mol. The first-order chi connectivity index (χ1) is 7.57. The summed E-state index contributed by atoms with van der Waals surface area (Å²) in [6, 6.07) is 0. The van der Waals surface area contributed by atoms with Gasteiger partial charge in [0.15, 0.2) is 0 Å². The highest BCUT2D eigenvalue weighted by Gasteiger charge is 2.54. The highest BCUT2D eigenvalue weighted by Crippen LogP contribution is 2.61. The zero-order chi connectivity index (χ0) is 11.3. The van der Waals surface area contributed by atoms with Crippen LogP contribution in [0.3, 0.4) is 0 Å². The van der Waals surface area contributed by atoms with Gasteiger partial charge in [0.2, 0.25) is 0 Å². The summed E-state index contributed by atoms with van der Waals surface area (Å²) < 4.78 is 5.50. The summed E-state index contributed by atoms with van der Waals surface area (Å²) in [7, 11) is 0. The first-order valence-electron chi connectivity index (χ1n) is 6.74. The van der Waals surface area contributed by atoms with Crippen molar-refractivity contribution < 1.29 is 9.53 Å². The molecule has 1 atom stereocenters. The lowest BCUT2D eigenvalue weighted by Crippen LogP contribution is -2.51. The van der Waals surface area contributed by atoms with Crippen molar-refractivity contribution in [1.29, 1.82) is 0 Å². The fourth-order valence-corrected chi connectivity index (χ4v) is 5.05. The van der Waals surface area contributed by atoms with Crippen LogP contribution in [-0.2, 0) is 9.53 Å². The smallest absolute Gasteiger partial charge is 0.302 e. The van der Waals surface area contributed by atoms with Crippen LogP contribution in [0.15, 0.2) is 0 Å². The van der Waals surface area contributed by atoms with E-state index >= 15 is 0 Å². The summed E-state index contributed by atoms with van der Waals surface area (Å²) in [6.07, 6.45) is 8.43. The highest BCUT2D eigenvalue weighted by atomic mass is 16.5. The Morgan fingerprint density at radius 1 is 1.12 bits per heavy atom. The largest absolute Gasteiger partial charge is 0.462 e. The van der Waals surface area contributed by atoms with Crippen molar-refractivity contribution in [3.05, 3.63) is 0 Å². The minimum absolute atomic E-state index is 0.108. The van der Waals surface area contributed by atoms with Crippen LogP contribution in [0.25, 0.3) is 0 Å². The summed E-state index contributed by atoms with van der Waals surface area (Å²) in [4.78, 5) is 11.1. The molecule has 90 valence electrons. The Morgan fingerprint density at radius 3 is 1.94 bits per heavy atom. The molecule has 0 aliphatic heterocycles. The molecule has 0 aromatic carbocycles. The molecule has 4 aliphatic rings. The number of hydrogen-bond acceptors (Lipinski definition) is 2. The Hall–Kier alpha value is -0.530. The molecule has 0 radical (unpaired) electrons. The second-order valence-electron chi connectivity index (χ2n) is 6.53. The standard InChI is InChI=1S/C14H22O2/c1-9(16-10(2)15)14-6-11-3-12(7-14)5-13(4-11)8-14/h9,11-13H,3-8H2,1-2H3/t9-,11?,12?,13?,14?/m0/s1. The Kier molecular flexibility index (Phi) is 2.31. The van der Waals surface area contributed by atoms with Crippen LogP contribution in [0.4, 0.5) is 0 Å². The first-order valence-corrected chi connectivity index (χ1v) is 6.74. The number of carbonyl (C=O) groups excluding carboxylic acids is 1. The lowest BCUT2D eigenvalue weighted by Gasteiger charge is -2.58. The van der Waals surface area contributed by atoms with E-state index < -0.39 is 0 Å². The zero-order valence-electron chi connectivity index (χ0n) is 10.4. The van der Waals surface area contributed by atoms with Gasteiger partial charge in [-0.2, -0.15) is 0 Å². The van der Waals surface area contributed by atoms with Gasteiger partial charge >= 0.3 is 5.97 Å². The molecular formula is C14H22O2. The van der Waals surface area contributed by atoms with E-state index in [0.29, 0.717) is 5.41 Å². The molecule has 0 amide bonds. The molecule has 0 spiro atoms. The van der Waals surface area contributed by atoms with E-state index in [1.54, 1.807) is 0 Å². The quantitative estimate of drug-likeness (QED) is 0.671. The molecule has 0 aromatic rings. The topological polar surface area (TPSA) is 26.3 Å². The third-order valence-electron chi connectivity index (χ3n) is 5.29. The van der Waals surface area contributed by atoms with Gasteiger partial charge in [-0.15, -0.1) is 0 Å². The zero-order valence-corrected chi connectivity index (χ0v) is 10.4. The third-order valence-corrected chi connectivity index (χ3v) is 5.29. The molecule has 4 saturated carbocycles. The highest BCUT2D eigenvalue weighted by molar-refractivity contribution is 5.66. The first kappa shape index (κ1) is 10.6. The van der Waals surface area contributed by atoms with E-state index in [4.69, 9.17) is 4.74 Å². The Bertz CT molecular complexity index is 273. The van der Waals surface area contributed by atoms with Crippen molar-refractivity contribution in [1.82, 2.24) is 0 Å². The minimum Gasteiger partial charge on any atom is -0.462 e. The van der Waals surface area contributed by atoms with Crippen LogP contribution < -0.4 is 0 Å². The molecule has 4 aliphatic carbocycles. The van der Waals surface area contributed by atoms with Crippen LogP contribution in [0, 0.1) is 23.2 Å². The van der Waals surface area contributed by atoms with Crippen molar-refractivity contribution in [3.8, 4) is 0 Å². The van der Waals surface area contributed by atoms with Crippen LogP contribution in [0.1, 0.15) is 52.4 Å². The van der Waals surface area contributed by atoms with Crippen LogP contribution >= 0.6 is 0 Å². The normalized spacial score (nSPS) is 46.8. The molecule has 4 bridgehead atoms. The van der Waals surface area contributed by atoms with E-state index in [-0.39, 0.29) is 12.1 Å². The summed E-state index contributed by atoms with van der Waals surface area (Å²) >= 11 is 0. The molecular weight excluding hydrogens is 200 g/mol. The Balaban J connectivity index is 1.80. The van der Waals surface area contributed by atoms with Gasteiger partial charge in [-0.25, -0.2) is 0 Å². The predicted octanol–water partition coefficient (Wildman–Crippen LogP) is 3.15. The summed E-state index contributed by atoms with van der Waals surface area (Å²) in [5, 5.41) is 0. The van der Waals surface area contributed by atoms with Gasteiger partial charge in [0.1, 0.15) is 6.10 Å². The second kappa shape index (κ2) is 3.48. The SMILES string of the molecule is CC(=O)O[C@@H](C)C12CC3CC(CC(C3)C1)C2. The van der Waals surface area contributed by atoms with Crippen LogP contribution in [-0.4, -0.2) is 12.1 Å². The van der Waals surface area contributed by atoms with Gasteiger partial charge in [0.05, 0.1) is 0 Å². The predicted molar refractivity (Wildman–Crippen MR) is 61.8 cm³/mol. The molecule has 0 N–H and O–H groups in total. The van der Waals surface area contributed by atoms with E-state index in [1.807, 2.05) is 0 Å². The molecule has 16 heavy (non-hydrogen) atoms. The molecule has 4 rings (SSSR count). The van der Waals surface area contributed by atoms with Gasteiger partial charge in [-0.1, -0.05) is 0 Å². The number of esters is 1. The molecule has 0 unspecified atom stereocenters. The maximum absolute atomic E-state index is 11.1. The van der Waals surface area contributed by atoms with Gasteiger partial charge in [-0.05, 0) is 63.2 Å². The molecule has 0 aromatic heterocycles. The van der Waals surface area contributed by atoms with Crippen LogP contribution in [0.5, 0.6) is 0 Å². The number of rotatable bonds is 2. The van der Waals surface area contributed by atoms with E-state index in [2.05, 4.69) is 6.92 Å². The number of ether oxygens (including phenoxy) is 1. The van der Waals surface area contributed by atoms with Gasteiger partial charge in [0.25, 0.3) is 0 Å². The van der Waals surface area contributed by atoms with Gasteiger partial charge < -0.3 is 4.74 Å². The summed E-state index contributed by atoms with van der Waals surface area (Å²) in [5.74, 6) is 2.70. The summed E-state index contributed by atoms with van der Waals surface area (Å²) in [6.45, 7) is 3.66. The lowest BCUT2D eigenvalue weighted by atomic mass is 9.48. The van der Waals surface area contributed by atoms with Crippen molar-refractivity contribution >= 4 is 5.97 Å². The van der Waals surface area contributed by atoms with E-state index in [1.165, 1.54) is 45.4 Å². The van der Waals surface area contributed by atoms with E-state index in [9.17, 15) is 4.79 Å². The molecule has 0 heterocycles. The minimum atomic E-state index is -0.108. The maximum atomic E-state index is 11.1. The maximum Gasteiger partial charge on any atom is 0.302 e. The average Bonchev–Trinajstić information content (AvgIpc) is 2.13. The summed E-state index contributed by atoms with van der Waals surface area (Å²) in [5.41, 5.74) is 0.348. The lowest BCUT2D eigenvalue weighted by molar-refractivity contribution is -0.167. The molecule has 2 heteroatoms. The van der Waals surface area contributed by atoms with Crippen LogP contribution in [0.2, 0.25) is 0 Å². The molecule has 0 saturated heterocycles. The number of carbonyl (C=O) groups is 1. The number of hydrogen-bond donors (Lipinski definition) is 0. The molecule has 2 nitrogen and oxygen atoms in total. The fourth-order valence-electron chi connectivity index (χ4n) is 5.05. The van der Waals surface area contributed by atoms with Crippen molar-refractivity contribution in [3.63, 3.8) is 0 Å². The van der Waals surface area contributed by atoms with Gasteiger partial charge in [0, 0.05) is 12.3 Å². The van der Waals surface area contributed by atoms with Crippen molar-refractivity contribution in [2.45, 2.75) is 58.5 Å². The fraction of sp³-hybridized carbons (Fsp3) is 0.929. The Morgan fingerprint density at radius 2 is 1.56 bits per heavy atom. The van der Waals surface area contributed by atoms with Crippen molar-refractivity contribution in [2.75, 3.05) is 0 Å². The van der Waals surface area contributed by atoms with Crippen molar-refractivity contribution in [2.24, 2.45) is 23.2 Å². The average molecular weight is 222 g/mol. The van der Waals surface area contributed by atoms with E-state index in [0.717, 1.165) is 17.8 Å².